The van der Waals surface area contributed by atoms with Crippen LogP contribution in [0.25, 0.3) is 0 Å². The van der Waals surface area contributed by atoms with Crippen LogP contribution in [0.3, 0.4) is 0 Å². The lowest BCUT2D eigenvalue weighted by Crippen LogP contribution is -2.47. The van der Waals surface area contributed by atoms with E-state index in [1.807, 2.05) is 36.5 Å². The van der Waals surface area contributed by atoms with Gasteiger partial charge in [-0.25, -0.2) is 15.0 Å². The standard InChI is InChI=1S/C29H34N10O/c30-26-22(17-21-5-2-1-3-6-21)18-31-28(35-26)37-13-15-38(16-14-37)29-33-20-32-27(36-29)34-23-8-10-24(11-9-23)39-12-4-7-25(40)19-39/h1-3,5-6,8-11,18,20,25,40H,4,7,12-17,19H2,(H2,30,31,35)(H,32,33,34,36)/t25-/m1/s1. The Morgan fingerprint density at radius 3 is 2.25 bits per heavy atom. The molecule has 2 aromatic heterocycles. The molecule has 4 aromatic rings. The van der Waals surface area contributed by atoms with E-state index in [2.05, 4.69) is 69.2 Å². The number of aromatic nitrogens is 5. The smallest absolute Gasteiger partial charge is 0.231 e. The number of piperazine rings is 1. The van der Waals surface area contributed by atoms with E-state index in [9.17, 15) is 5.11 Å². The van der Waals surface area contributed by atoms with Crippen molar-refractivity contribution in [3.05, 3.63) is 78.2 Å². The maximum absolute atomic E-state index is 9.97. The van der Waals surface area contributed by atoms with Gasteiger partial charge in [0, 0.05) is 68.8 Å². The summed E-state index contributed by atoms with van der Waals surface area (Å²) >= 11 is 0. The number of aliphatic hydroxyl groups excluding tert-OH is 1. The lowest BCUT2D eigenvalue weighted by atomic mass is 10.1. The maximum Gasteiger partial charge on any atom is 0.231 e. The van der Waals surface area contributed by atoms with Gasteiger partial charge in [0.1, 0.15) is 12.1 Å². The average molecular weight is 539 g/mol. The first kappa shape index (κ1) is 25.8. The fraction of sp³-hybridized carbons (Fsp3) is 0.345. The van der Waals surface area contributed by atoms with E-state index in [0.717, 1.165) is 62.5 Å². The third-order valence-corrected chi connectivity index (χ3v) is 7.41. The van der Waals surface area contributed by atoms with Crippen LogP contribution in [0.5, 0.6) is 0 Å². The van der Waals surface area contributed by atoms with Crippen LogP contribution >= 0.6 is 0 Å². The summed E-state index contributed by atoms with van der Waals surface area (Å²) < 4.78 is 0. The number of rotatable bonds is 7. The molecule has 11 heteroatoms. The predicted octanol–water partition coefficient (Wildman–Crippen LogP) is 2.87. The van der Waals surface area contributed by atoms with Crippen LogP contribution < -0.4 is 25.8 Å². The minimum Gasteiger partial charge on any atom is -0.391 e. The normalized spacial score (nSPS) is 17.6. The van der Waals surface area contributed by atoms with Crippen molar-refractivity contribution in [3.8, 4) is 0 Å². The lowest BCUT2D eigenvalue weighted by Gasteiger charge is -2.34. The first-order chi connectivity index (χ1) is 19.6. The van der Waals surface area contributed by atoms with E-state index in [1.165, 1.54) is 11.9 Å². The number of nitrogens with zero attached hydrogens (tertiary/aromatic N) is 8. The molecule has 0 spiro atoms. The molecule has 4 N–H and O–H groups in total. The van der Waals surface area contributed by atoms with Crippen LogP contribution in [0, 0.1) is 0 Å². The summed E-state index contributed by atoms with van der Waals surface area (Å²) in [5.74, 6) is 2.30. The van der Waals surface area contributed by atoms with Crippen molar-refractivity contribution in [2.75, 3.05) is 65.0 Å². The van der Waals surface area contributed by atoms with Crippen LogP contribution in [-0.4, -0.2) is 75.4 Å². The molecule has 2 aliphatic rings. The second kappa shape index (κ2) is 11.7. The summed E-state index contributed by atoms with van der Waals surface area (Å²) in [6, 6.07) is 18.3. The molecule has 2 fully saturated rings. The van der Waals surface area contributed by atoms with Crippen molar-refractivity contribution in [3.63, 3.8) is 0 Å². The molecule has 0 saturated carbocycles. The second-order valence-electron chi connectivity index (χ2n) is 10.2. The minimum absolute atomic E-state index is 0.256. The molecule has 2 aliphatic heterocycles. The Labute approximate surface area is 233 Å². The van der Waals surface area contributed by atoms with Gasteiger partial charge in [-0.1, -0.05) is 30.3 Å². The van der Waals surface area contributed by atoms with Crippen molar-refractivity contribution in [2.45, 2.75) is 25.4 Å². The van der Waals surface area contributed by atoms with Crippen LogP contribution in [0.2, 0.25) is 0 Å². The topological polar surface area (TPSA) is 132 Å². The molecule has 11 nitrogen and oxygen atoms in total. The summed E-state index contributed by atoms with van der Waals surface area (Å²) in [5, 5.41) is 13.3. The quantitative estimate of drug-likeness (QED) is 0.321. The summed E-state index contributed by atoms with van der Waals surface area (Å²) in [5.41, 5.74) is 10.4. The molecule has 0 amide bonds. The Balaban J connectivity index is 1.05. The third-order valence-electron chi connectivity index (χ3n) is 7.41. The third kappa shape index (κ3) is 6.04. The second-order valence-corrected chi connectivity index (χ2v) is 10.2. The summed E-state index contributed by atoms with van der Waals surface area (Å²) in [4.78, 5) is 29.1. The van der Waals surface area contributed by atoms with Gasteiger partial charge in [-0.05, 0) is 42.7 Å². The van der Waals surface area contributed by atoms with Gasteiger partial charge in [-0.3, -0.25) is 0 Å². The molecule has 0 bridgehead atoms. The fourth-order valence-corrected chi connectivity index (χ4v) is 5.20. The van der Waals surface area contributed by atoms with E-state index >= 15 is 0 Å². The largest absolute Gasteiger partial charge is 0.391 e. The number of hydrogen-bond donors (Lipinski definition) is 3. The van der Waals surface area contributed by atoms with Gasteiger partial charge >= 0.3 is 0 Å². The van der Waals surface area contributed by atoms with Gasteiger partial charge in [0.2, 0.25) is 17.8 Å². The van der Waals surface area contributed by atoms with Gasteiger partial charge in [0.05, 0.1) is 6.10 Å². The summed E-state index contributed by atoms with van der Waals surface area (Å²) in [7, 11) is 0. The number of β-amino-alcohol motifs (C(OH)–C–C–N with tert-alkyl or cyclic N) is 1. The average Bonchev–Trinajstić information content (AvgIpc) is 2.99. The van der Waals surface area contributed by atoms with Crippen molar-refractivity contribution in [1.82, 2.24) is 24.9 Å². The molecule has 6 rings (SSSR count). The predicted molar refractivity (Wildman–Crippen MR) is 157 cm³/mol. The molecule has 206 valence electrons. The summed E-state index contributed by atoms with van der Waals surface area (Å²) in [6.45, 7) is 4.57. The molecule has 4 heterocycles. The Kier molecular flexibility index (Phi) is 7.53. The highest BCUT2D eigenvalue weighted by Crippen LogP contribution is 2.24. The van der Waals surface area contributed by atoms with Gasteiger partial charge in [0.25, 0.3) is 0 Å². The fourth-order valence-electron chi connectivity index (χ4n) is 5.20. The molecule has 0 radical (unpaired) electrons. The Morgan fingerprint density at radius 2 is 1.55 bits per heavy atom. The van der Waals surface area contributed by atoms with E-state index in [0.29, 0.717) is 36.6 Å². The highest BCUT2D eigenvalue weighted by molar-refractivity contribution is 5.60. The van der Waals surface area contributed by atoms with E-state index in [4.69, 9.17) is 5.73 Å². The number of benzene rings is 2. The zero-order valence-electron chi connectivity index (χ0n) is 22.4. The van der Waals surface area contributed by atoms with Crippen LogP contribution in [-0.2, 0) is 6.42 Å². The lowest BCUT2D eigenvalue weighted by molar-refractivity contribution is 0.154. The van der Waals surface area contributed by atoms with Crippen molar-refractivity contribution < 1.29 is 5.11 Å². The van der Waals surface area contributed by atoms with Crippen molar-refractivity contribution in [1.29, 1.82) is 0 Å². The van der Waals surface area contributed by atoms with Crippen LogP contribution in [0.1, 0.15) is 24.0 Å². The molecular formula is C29H34N10O. The number of nitrogens with two attached hydrogens (primary N) is 1. The van der Waals surface area contributed by atoms with E-state index in [1.54, 1.807) is 0 Å². The van der Waals surface area contributed by atoms with Gasteiger partial charge in [0.15, 0.2) is 0 Å². The Hall–Kier alpha value is -4.51. The molecule has 0 aliphatic carbocycles. The number of nitrogens with one attached hydrogen (secondary N) is 1. The Morgan fingerprint density at radius 1 is 0.825 bits per heavy atom. The molecule has 40 heavy (non-hydrogen) atoms. The van der Waals surface area contributed by atoms with Gasteiger partial charge in [-0.15, -0.1) is 0 Å². The number of piperidine rings is 1. The first-order valence-corrected chi connectivity index (χ1v) is 13.7. The highest BCUT2D eigenvalue weighted by Gasteiger charge is 2.22. The van der Waals surface area contributed by atoms with Crippen molar-refractivity contribution in [2.24, 2.45) is 0 Å². The SMILES string of the molecule is Nc1nc(N2CCN(c3ncnc(Nc4ccc(N5CCC[C@@H](O)C5)cc4)n3)CC2)ncc1Cc1ccccc1. The van der Waals surface area contributed by atoms with E-state index in [-0.39, 0.29) is 6.10 Å². The van der Waals surface area contributed by atoms with Crippen LogP contribution in [0.4, 0.5) is 35.0 Å². The number of anilines is 6. The van der Waals surface area contributed by atoms with Crippen molar-refractivity contribution >= 4 is 35.0 Å². The van der Waals surface area contributed by atoms with Gasteiger partial charge < -0.3 is 30.9 Å². The molecule has 0 unspecified atom stereocenters. The molecule has 1 atom stereocenters. The monoisotopic (exact) mass is 538 g/mol. The molecular weight excluding hydrogens is 504 g/mol. The molecule has 2 aromatic carbocycles. The molecule has 2 saturated heterocycles. The summed E-state index contributed by atoms with van der Waals surface area (Å²) in [6.07, 6.45) is 5.71. The zero-order chi connectivity index (χ0) is 27.3. The van der Waals surface area contributed by atoms with E-state index < -0.39 is 0 Å². The van der Waals surface area contributed by atoms with Crippen LogP contribution in [0.15, 0.2) is 67.1 Å². The minimum atomic E-state index is -0.256. The zero-order valence-corrected chi connectivity index (χ0v) is 22.4. The number of aliphatic hydroxyl groups is 1. The maximum atomic E-state index is 9.97. The number of hydrogen-bond acceptors (Lipinski definition) is 11. The highest BCUT2D eigenvalue weighted by atomic mass is 16.3. The number of nitrogen functional groups attached to an aromatic ring is 1. The Bertz CT molecular complexity index is 1410. The first-order valence-electron chi connectivity index (χ1n) is 13.7. The van der Waals surface area contributed by atoms with Gasteiger partial charge in [-0.2, -0.15) is 9.97 Å².